The van der Waals surface area contributed by atoms with Crippen molar-refractivity contribution in [3.05, 3.63) is 303 Å². The minimum Gasteiger partial charge on any atom is -0.456 e. The van der Waals surface area contributed by atoms with E-state index in [1.165, 1.54) is 21.9 Å². The van der Waals surface area contributed by atoms with Gasteiger partial charge in [0.1, 0.15) is 22.3 Å². The molecule has 6 heteroatoms. The third-order valence-electron chi connectivity index (χ3n) is 17.1. The molecule has 0 unspecified atom stereocenters. The van der Waals surface area contributed by atoms with E-state index in [4.69, 9.17) is 23.8 Å². The third-order valence-corrected chi connectivity index (χ3v) is 17.1. The van der Waals surface area contributed by atoms with Crippen LogP contribution in [0.2, 0.25) is 0 Å². The van der Waals surface area contributed by atoms with Crippen molar-refractivity contribution in [2.75, 3.05) is 0 Å². The van der Waals surface area contributed by atoms with Gasteiger partial charge in [0.15, 0.2) is 17.5 Å². The molecular formula is C81H50N4O2. The fourth-order valence-electron chi connectivity index (χ4n) is 12.8. The molecular weight excluding hydrogens is 1060 g/mol. The van der Waals surface area contributed by atoms with Gasteiger partial charge in [-0.2, -0.15) is 0 Å². The molecule has 13 aromatic carbocycles. The van der Waals surface area contributed by atoms with Gasteiger partial charge in [0.25, 0.3) is 0 Å². The number of aromatic nitrogens is 4. The van der Waals surface area contributed by atoms with E-state index in [0.717, 1.165) is 133 Å². The molecule has 0 spiro atoms. The van der Waals surface area contributed by atoms with Crippen LogP contribution in [0.3, 0.4) is 0 Å². The Labute approximate surface area is 501 Å². The number of fused-ring (bicyclic) bond motifs is 9. The van der Waals surface area contributed by atoms with Crippen LogP contribution in [0, 0.1) is 0 Å². The molecule has 0 amide bonds. The molecule has 6 nitrogen and oxygen atoms in total. The van der Waals surface area contributed by atoms with Crippen molar-refractivity contribution in [3.63, 3.8) is 0 Å². The summed E-state index contributed by atoms with van der Waals surface area (Å²) in [5.41, 5.74) is 22.5. The lowest BCUT2D eigenvalue weighted by atomic mass is 9.92. The Hall–Kier alpha value is -11.7. The first-order valence-electron chi connectivity index (χ1n) is 29.4. The zero-order valence-corrected chi connectivity index (χ0v) is 47.0. The van der Waals surface area contributed by atoms with Crippen LogP contribution in [-0.2, 0) is 0 Å². The average molecular weight is 1110 g/mol. The summed E-state index contributed by atoms with van der Waals surface area (Å²) in [6.45, 7) is 0. The molecule has 17 aromatic rings. The third kappa shape index (κ3) is 8.77. The number of hydrogen-bond donors (Lipinski definition) is 0. The molecule has 0 aliphatic heterocycles. The van der Waals surface area contributed by atoms with E-state index >= 15 is 0 Å². The van der Waals surface area contributed by atoms with E-state index in [0.29, 0.717) is 17.5 Å². The quantitative estimate of drug-likeness (QED) is 0.136. The van der Waals surface area contributed by atoms with E-state index in [1.807, 2.05) is 24.3 Å². The first-order chi connectivity index (χ1) is 43.1. The van der Waals surface area contributed by atoms with Gasteiger partial charge in [0.2, 0.25) is 0 Å². The first kappa shape index (κ1) is 49.8. The van der Waals surface area contributed by atoms with Crippen molar-refractivity contribution in [1.82, 2.24) is 19.5 Å². The predicted octanol–water partition coefficient (Wildman–Crippen LogP) is 21.8. The number of hydrogen-bond acceptors (Lipinski definition) is 5. The Morgan fingerprint density at radius 2 is 0.506 bits per heavy atom. The van der Waals surface area contributed by atoms with Gasteiger partial charge in [0.05, 0.1) is 16.7 Å². The molecule has 0 N–H and O–H groups in total. The maximum atomic E-state index is 6.20. The van der Waals surface area contributed by atoms with Crippen LogP contribution < -0.4 is 0 Å². The monoisotopic (exact) mass is 1110 g/mol. The molecule has 4 aromatic heterocycles. The lowest BCUT2D eigenvalue weighted by Crippen LogP contribution is -2.04. The normalized spacial score (nSPS) is 11.7. The molecule has 17 rings (SSSR count). The highest BCUT2D eigenvalue weighted by atomic mass is 16.3. The second-order valence-corrected chi connectivity index (χ2v) is 22.3. The second-order valence-electron chi connectivity index (χ2n) is 22.3. The summed E-state index contributed by atoms with van der Waals surface area (Å²) in [4.78, 5) is 16.3. The molecule has 0 saturated heterocycles. The van der Waals surface area contributed by atoms with Crippen molar-refractivity contribution in [2.45, 2.75) is 0 Å². The summed E-state index contributed by atoms with van der Waals surface area (Å²) in [5.74, 6) is 1.69. The van der Waals surface area contributed by atoms with Crippen LogP contribution in [0.4, 0.5) is 0 Å². The van der Waals surface area contributed by atoms with E-state index in [1.54, 1.807) is 0 Å². The molecule has 87 heavy (non-hydrogen) atoms. The Morgan fingerprint density at radius 1 is 0.207 bits per heavy atom. The topological polar surface area (TPSA) is 69.9 Å². The first-order valence-corrected chi connectivity index (χ1v) is 29.4. The van der Waals surface area contributed by atoms with Crippen LogP contribution in [0.1, 0.15) is 0 Å². The summed E-state index contributed by atoms with van der Waals surface area (Å²) in [5, 5.41) is 6.70. The van der Waals surface area contributed by atoms with Crippen molar-refractivity contribution in [3.8, 4) is 107 Å². The van der Waals surface area contributed by atoms with E-state index in [-0.39, 0.29) is 0 Å². The van der Waals surface area contributed by atoms with Gasteiger partial charge in [0, 0.05) is 60.1 Å². The molecule has 0 bridgehead atoms. The Balaban J connectivity index is 0.867. The van der Waals surface area contributed by atoms with E-state index in [2.05, 4.69) is 284 Å². The largest absolute Gasteiger partial charge is 0.456 e. The molecule has 0 saturated carbocycles. The maximum absolute atomic E-state index is 6.20. The molecule has 0 aliphatic rings. The van der Waals surface area contributed by atoms with Gasteiger partial charge >= 0.3 is 0 Å². The number of rotatable bonds is 10. The van der Waals surface area contributed by atoms with E-state index < -0.39 is 0 Å². The molecule has 4 heterocycles. The second kappa shape index (κ2) is 20.6. The van der Waals surface area contributed by atoms with Crippen LogP contribution in [0.5, 0.6) is 0 Å². The Bertz CT molecular complexity index is 5140. The summed E-state index contributed by atoms with van der Waals surface area (Å²) in [7, 11) is 0. The highest BCUT2D eigenvalue weighted by Crippen LogP contribution is 2.46. The highest BCUT2D eigenvalue weighted by molar-refractivity contribution is 6.13. The summed E-state index contributed by atoms with van der Waals surface area (Å²) in [6.07, 6.45) is 0. The van der Waals surface area contributed by atoms with Crippen LogP contribution in [0.15, 0.2) is 312 Å². The number of furan rings is 2. The van der Waals surface area contributed by atoms with Crippen LogP contribution in [0.25, 0.3) is 172 Å². The number of nitrogens with zero attached hydrogens (tertiary/aromatic N) is 4. The average Bonchev–Trinajstić information content (AvgIpc) is 4.34. The zero-order chi connectivity index (χ0) is 57.4. The Morgan fingerprint density at radius 3 is 0.920 bits per heavy atom. The zero-order valence-electron chi connectivity index (χ0n) is 47.0. The molecule has 406 valence electrons. The predicted molar refractivity (Wildman–Crippen MR) is 358 cm³/mol. The molecule has 0 radical (unpaired) electrons. The van der Waals surface area contributed by atoms with Gasteiger partial charge in [-0.25, -0.2) is 15.0 Å². The number of benzene rings is 13. The SMILES string of the molecule is c1ccc(-c2ccc3c(c2)c2cc(-c4ccccc4)ccc2n3-c2c(-c3ccccc3)cc(-c3nc(-c4ccc(-c5ccc6oc7ccccc7c6c5)cc4)nc(-c4ccc(-c5ccc6oc7ccccc7c6c5)cc4)n3)cc2-c2ccccc2)cc1. The summed E-state index contributed by atoms with van der Waals surface area (Å²) >= 11 is 0. The summed E-state index contributed by atoms with van der Waals surface area (Å²) < 4.78 is 14.9. The number of para-hydroxylation sites is 2. The highest BCUT2D eigenvalue weighted by Gasteiger charge is 2.24. The van der Waals surface area contributed by atoms with Crippen molar-refractivity contribution < 1.29 is 8.83 Å². The smallest absolute Gasteiger partial charge is 0.164 e. The van der Waals surface area contributed by atoms with Gasteiger partial charge in [-0.15, -0.1) is 0 Å². The van der Waals surface area contributed by atoms with Crippen molar-refractivity contribution in [1.29, 1.82) is 0 Å². The minimum absolute atomic E-state index is 0.556. The standard InChI is InChI=1S/C81H50N4O2/c1-5-17-51(18-6-1)59-37-41-72-68(45-59)69-46-60(52-19-7-2-8-20-52)38-42-73(69)85(72)78-66(55-21-9-3-10-22-55)49-63(50-67(78)56-23-11-4-12-24-56)81-83-79(57-33-29-53(30-34-57)61-39-43-76-70(47-61)64-25-13-15-27-74(64)86-76)82-80(84-81)58-35-31-54(32-36-58)62-40-44-77-71(48-62)65-26-14-16-28-75(65)87-77/h1-50H. The van der Waals surface area contributed by atoms with Crippen LogP contribution in [-0.4, -0.2) is 19.5 Å². The fourth-order valence-corrected chi connectivity index (χ4v) is 12.8. The van der Waals surface area contributed by atoms with Gasteiger partial charge < -0.3 is 13.4 Å². The Kier molecular flexibility index (Phi) is 11.8. The van der Waals surface area contributed by atoms with Gasteiger partial charge in [-0.3, -0.25) is 0 Å². The maximum Gasteiger partial charge on any atom is 0.164 e. The van der Waals surface area contributed by atoms with E-state index in [9.17, 15) is 0 Å². The van der Waals surface area contributed by atoms with Gasteiger partial charge in [-0.05, 0) is 128 Å². The fraction of sp³-hybridized carbons (Fsp3) is 0. The molecule has 0 atom stereocenters. The van der Waals surface area contributed by atoms with Crippen LogP contribution >= 0.6 is 0 Å². The van der Waals surface area contributed by atoms with Crippen molar-refractivity contribution >= 4 is 65.7 Å². The minimum atomic E-state index is 0.556. The van der Waals surface area contributed by atoms with Crippen molar-refractivity contribution in [2.24, 2.45) is 0 Å². The summed E-state index contributed by atoms with van der Waals surface area (Å²) in [6, 6.07) is 108. The van der Waals surface area contributed by atoms with Gasteiger partial charge in [-0.1, -0.05) is 231 Å². The lowest BCUT2D eigenvalue weighted by molar-refractivity contribution is 0.668. The molecule has 0 fully saturated rings. The molecule has 0 aliphatic carbocycles. The lowest BCUT2D eigenvalue weighted by Gasteiger charge is -2.21.